The van der Waals surface area contributed by atoms with Gasteiger partial charge in [-0.25, -0.2) is 9.59 Å². The summed E-state index contributed by atoms with van der Waals surface area (Å²) in [6.07, 6.45) is 26.7. The van der Waals surface area contributed by atoms with Gasteiger partial charge in [0.2, 0.25) is 0 Å². The number of hydrogen-bond donors (Lipinski definition) is 2. The molecule has 5 fully saturated rings. The van der Waals surface area contributed by atoms with E-state index in [0.717, 1.165) is 102 Å². The van der Waals surface area contributed by atoms with E-state index in [4.69, 9.17) is 0 Å². The van der Waals surface area contributed by atoms with Crippen LogP contribution in [0.2, 0.25) is 0 Å². The first-order valence-corrected chi connectivity index (χ1v) is 22.4. The van der Waals surface area contributed by atoms with Crippen LogP contribution in [0.4, 0.5) is 32.3 Å². The Hall–Kier alpha value is -3.42. The highest BCUT2D eigenvalue weighted by Crippen LogP contribution is 2.34. The molecular formula is C46H70N6O2. The van der Waals surface area contributed by atoms with Crippen molar-refractivity contribution in [1.82, 2.24) is 9.80 Å². The fourth-order valence-corrected chi connectivity index (χ4v) is 10.3. The maximum absolute atomic E-state index is 14.1. The molecule has 4 amide bonds. The average molecular weight is 739 g/mol. The minimum atomic E-state index is 0.0786. The molecular weight excluding hydrogens is 669 g/mol. The fourth-order valence-electron chi connectivity index (χ4n) is 10.3. The van der Waals surface area contributed by atoms with Crippen LogP contribution in [0.5, 0.6) is 0 Å². The van der Waals surface area contributed by atoms with Crippen molar-refractivity contribution in [2.45, 2.75) is 153 Å². The molecule has 0 spiro atoms. The van der Waals surface area contributed by atoms with Crippen molar-refractivity contribution in [3.8, 4) is 0 Å². The minimum Gasteiger partial charge on any atom is -0.372 e. The van der Waals surface area contributed by atoms with Crippen molar-refractivity contribution in [2.75, 3.05) is 59.7 Å². The lowest BCUT2D eigenvalue weighted by molar-refractivity contribution is 0.126. The van der Waals surface area contributed by atoms with Gasteiger partial charge in [-0.05, 0) is 150 Å². The Morgan fingerprint density at radius 1 is 0.444 bits per heavy atom. The SMILES string of the molecule is O=C(Nc1ccc(N2CCCCC2)cc1)N(C[C@H]1CC[C@H](CN(C(=O)Nc2ccc(N3CCCCC3)cc2)C2CCCCCC2)CC1)C1CCCCCC1. The van der Waals surface area contributed by atoms with Gasteiger partial charge in [-0.1, -0.05) is 51.4 Å². The third-order valence-corrected chi connectivity index (χ3v) is 13.6. The van der Waals surface area contributed by atoms with Crippen LogP contribution in [-0.2, 0) is 0 Å². The van der Waals surface area contributed by atoms with Gasteiger partial charge in [0.1, 0.15) is 0 Å². The summed E-state index contributed by atoms with van der Waals surface area (Å²) >= 11 is 0. The summed E-state index contributed by atoms with van der Waals surface area (Å²) in [6, 6.07) is 17.9. The molecule has 2 aromatic carbocycles. The molecule has 2 aromatic rings. The lowest BCUT2D eigenvalue weighted by Crippen LogP contribution is -2.47. The zero-order valence-electron chi connectivity index (χ0n) is 33.3. The molecule has 0 aromatic heterocycles. The van der Waals surface area contributed by atoms with Gasteiger partial charge >= 0.3 is 12.1 Å². The molecule has 5 aliphatic rings. The van der Waals surface area contributed by atoms with Crippen LogP contribution in [-0.4, -0.2) is 73.2 Å². The topological polar surface area (TPSA) is 71.2 Å². The Bertz CT molecular complexity index is 1300. The normalized spacial score (nSPS) is 23.6. The van der Waals surface area contributed by atoms with E-state index in [1.54, 1.807) is 0 Å². The number of nitrogens with zero attached hydrogens (tertiary/aromatic N) is 4. The summed E-state index contributed by atoms with van der Waals surface area (Å²) < 4.78 is 0. The van der Waals surface area contributed by atoms with Crippen molar-refractivity contribution >= 4 is 34.8 Å². The van der Waals surface area contributed by atoms with Gasteiger partial charge < -0.3 is 30.2 Å². The second kappa shape index (κ2) is 20.0. The standard InChI is InChI=1S/C46H70N6O2/c53-45(47-39-23-27-41(28-24-39)49-31-11-5-12-32-49)51(43-15-7-1-2-8-16-43)35-37-19-21-38(22-20-37)36-52(44-17-9-3-4-10-18-44)46(54)48-40-25-29-42(30-26-40)50-33-13-6-14-34-50/h23-30,37-38,43-44H,1-22,31-36H2,(H,47,53)(H,48,54)/t37-,38-. The Morgan fingerprint density at radius 2 is 0.759 bits per heavy atom. The number of urea groups is 2. The number of nitrogens with one attached hydrogen (secondary N) is 2. The Balaban J connectivity index is 0.956. The lowest BCUT2D eigenvalue weighted by Gasteiger charge is -2.39. The maximum atomic E-state index is 14.1. The van der Waals surface area contributed by atoms with Gasteiger partial charge in [0.25, 0.3) is 0 Å². The molecule has 0 atom stereocenters. The molecule has 54 heavy (non-hydrogen) atoms. The minimum absolute atomic E-state index is 0.0786. The number of amides is 4. The molecule has 8 nitrogen and oxygen atoms in total. The number of hydrogen-bond acceptors (Lipinski definition) is 4. The van der Waals surface area contributed by atoms with Gasteiger partial charge in [0.05, 0.1) is 0 Å². The van der Waals surface area contributed by atoms with Crippen LogP contribution in [0, 0.1) is 11.8 Å². The Kier molecular flexibility index (Phi) is 14.4. The van der Waals surface area contributed by atoms with Gasteiger partial charge in [0.15, 0.2) is 0 Å². The van der Waals surface area contributed by atoms with Crippen molar-refractivity contribution in [1.29, 1.82) is 0 Å². The predicted octanol–water partition coefficient (Wildman–Crippen LogP) is 11.3. The molecule has 2 N–H and O–H groups in total. The maximum Gasteiger partial charge on any atom is 0.322 e. The largest absolute Gasteiger partial charge is 0.372 e. The molecule has 2 heterocycles. The molecule has 8 heteroatoms. The number of piperidine rings is 2. The zero-order valence-corrected chi connectivity index (χ0v) is 33.3. The molecule has 3 saturated carbocycles. The number of carbonyl (C=O) groups is 2. The first kappa shape index (κ1) is 38.8. The fraction of sp³-hybridized carbons (Fsp3) is 0.696. The first-order chi connectivity index (χ1) is 26.6. The lowest BCUT2D eigenvalue weighted by atomic mass is 9.81. The molecule has 7 rings (SSSR count). The summed E-state index contributed by atoms with van der Waals surface area (Å²) in [5, 5.41) is 6.65. The van der Waals surface area contributed by atoms with E-state index in [1.807, 2.05) is 0 Å². The number of anilines is 4. The Morgan fingerprint density at radius 3 is 1.09 bits per heavy atom. The third kappa shape index (κ3) is 10.9. The van der Waals surface area contributed by atoms with Crippen molar-refractivity contribution in [2.24, 2.45) is 11.8 Å². The summed E-state index contributed by atoms with van der Waals surface area (Å²) in [5.74, 6) is 1.02. The van der Waals surface area contributed by atoms with Crippen molar-refractivity contribution in [3.05, 3.63) is 48.5 Å². The molecule has 3 aliphatic carbocycles. The van der Waals surface area contributed by atoms with Gasteiger partial charge in [-0.3, -0.25) is 0 Å². The first-order valence-electron chi connectivity index (χ1n) is 22.4. The average Bonchev–Trinajstić information content (AvgIpc) is 3.67. The highest BCUT2D eigenvalue weighted by Gasteiger charge is 2.33. The second-order valence-electron chi connectivity index (χ2n) is 17.5. The van der Waals surface area contributed by atoms with Crippen LogP contribution in [0.25, 0.3) is 0 Å². The van der Waals surface area contributed by atoms with Crippen LogP contribution >= 0.6 is 0 Å². The van der Waals surface area contributed by atoms with E-state index in [9.17, 15) is 9.59 Å². The van der Waals surface area contributed by atoms with E-state index in [-0.39, 0.29) is 12.1 Å². The number of benzene rings is 2. The van der Waals surface area contributed by atoms with Crippen LogP contribution in [0.15, 0.2) is 48.5 Å². The predicted molar refractivity (Wildman–Crippen MR) is 225 cm³/mol. The summed E-state index contributed by atoms with van der Waals surface area (Å²) in [5.41, 5.74) is 4.33. The molecule has 2 saturated heterocycles. The molecule has 0 bridgehead atoms. The second-order valence-corrected chi connectivity index (χ2v) is 17.5. The molecule has 2 aliphatic heterocycles. The summed E-state index contributed by atoms with van der Waals surface area (Å²) in [6.45, 7) is 6.20. The van der Waals surface area contributed by atoms with E-state index in [0.29, 0.717) is 23.9 Å². The van der Waals surface area contributed by atoms with E-state index in [2.05, 4.69) is 78.8 Å². The van der Waals surface area contributed by atoms with Crippen LogP contribution in [0.1, 0.15) is 141 Å². The Labute approximate surface area is 326 Å². The van der Waals surface area contributed by atoms with E-state index >= 15 is 0 Å². The molecule has 296 valence electrons. The molecule has 0 radical (unpaired) electrons. The summed E-state index contributed by atoms with van der Waals surface area (Å²) in [4.78, 5) is 37.6. The number of carbonyl (C=O) groups excluding carboxylic acids is 2. The molecule has 0 unspecified atom stereocenters. The zero-order chi connectivity index (χ0) is 37.0. The van der Waals surface area contributed by atoms with Gasteiger partial charge in [0, 0.05) is 74.1 Å². The highest BCUT2D eigenvalue weighted by atomic mass is 16.2. The highest BCUT2D eigenvalue weighted by molar-refractivity contribution is 5.90. The van der Waals surface area contributed by atoms with Crippen LogP contribution < -0.4 is 20.4 Å². The van der Waals surface area contributed by atoms with E-state index in [1.165, 1.54) is 101 Å². The van der Waals surface area contributed by atoms with Crippen molar-refractivity contribution < 1.29 is 9.59 Å². The third-order valence-electron chi connectivity index (χ3n) is 13.6. The quantitative estimate of drug-likeness (QED) is 0.238. The van der Waals surface area contributed by atoms with Crippen LogP contribution in [0.3, 0.4) is 0 Å². The van der Waals surface area contributed by atoms with Gasteiger partial charge in [-0.15, -0.1) is 0 Å². The van der Waals surface area contributed by atoms with Crippen molar-refractivity contribution in [3.63, 3.8) is 0 Å². The number of rotatable bonds is 10. The monoisotopic (exact) mass is 739 g/mol. The smallest absolute Gasteiger partial charge is 0.322 e. The van der Waals surface area contributed by atoms with E-state index < -0.39 is 0 Å². The van der Waals surface area contributed by atoms with Gasteiger partial charge in [-0.2, -0.15) is 0 Å². The summed E-state index contributed by atoms with van der Waals surface area (Å²) in [7, 11) is 0.